The second kappa shape index (κ2) is 7.84. The summed E-state index contributed by atoms with van der Waals surface area (Å²) < 4.78 is 11.8. The molecule has 138 valence electrons. The van der Waals surface area contributed by atoms with Crippen molar-refractivity contribution in [2.75, 3.05) is 14.2 Å². The number of methoxy groups -OCH3 is 2. The number of rotatable bonds is 6. The first-order valence-electron chi connectivity index (χ1n) is 8.20. The summed E-state index contributed by atoms with van der Waals surface area (Å²) in [6.07, 6.45) is 0. The van der Waals surface area contributed by atoms with Crippen LogP contribution in [0.5, 0.6) is 11.5 Å². The molecule has 0 aliphatic rings. The molecule has 0 fully saturated rings. The maximum absolute atomic E-state index is 5.35. The van der Waals surface area contributed by atoms with Gasteiger partial charge < -0.3 is 9.47 Å². The van der Waals surface area contributed by atoms with Gasteiger partial charge in [-0.05, 0) is 36.1 Å². The Hall–Kier alpha value is -2.16. The van der Waals surface area contributed by atoms with Crippen LogP contribution in [-0.2, 0) is 5.75 Å². The van der Waals surface area contributed by atoms with Crippen LogP contribution in [0.2, 0.25) is 0 Å². The van der Waals surface area contributed by atoms with Gasteiger partial charge in [-0.15, -0.1) is 32.9 Å². The van der Waals surface area contributed by atoms with E-state index in [0.717, 1.165) is 53.6 Å². The molecule has 4 aromatic rings. The maximum atomic E-state index is 5.35. The summed E-state index contributed by atoms with van der Waals surface area (Å²) in [5.74, 6) is 2.28. The number of fused-ring (bicyclic) bond motifs is 1. The lowest BCUT2D eigenvalue weighted by Gasteiger charge is -2.08. The number of thioether (sulfide) groups is 1. The van der Waals surface area contributed by atoms with Crippen LogP contribution in [0.25, 0.3) is 20.8 Å². The fourth-order valence-corrected chi connectivity index (χ4v) is 5.31. The fraction of sp³-hybridized carbons (Fsp3) is 0.211. The molecular formula is C19H17N3O2S3. The molecule has 4 rings (SSSR count). The van der Waals surface area contributed by atoms with Crippen molar-refractivity contribution < 1.29 is 9.47 Å². The highest BCUT2D eigenvalue weighted by molar-refractivity contribution is 7.98. The average Bonchev–Trinajstić information content (AvgIpc) is 3.35. The number of ether oxygens (including phenoxy) is 2. The Kier molecular flexibility index (Phi) is 5.29. The van der Waals surface area contributed by atoms with E-state index in [9.17, 15) is 0 Å². The van der Waals surface area contributed by atoms with E-state index in [0.29, 0.717) is 0 Å². The largest absolute Gasteiger partial charge is 0.497 e. The minimum atomic E-state index is 0.728. The molecule has 0 unspecified atom stereocenters. The molecular weight excluding hydrogens is 398 g/mol. The summed E-state index contributed by atoms with van der Waals surface area (Å²) in [5.41, 5.74) is 2.94. The second-order valence-corrected chi connectivity index (χ2v) is 8.87. The Bertz CT molecular complexity index is 1060. The number of hydrogen-bond acceptors (Lipinski definition) is 8. The van der Waals surface area contributed by atoms with E-state index < -0.39 is 0 Å². The Morgan fingerprint density at radius 3 is 2.52 bits per heavy atom. The topological polar surface area (TPSA) is 57.1 Å². The third-order valence-corrected chi connectivity index (χ3v) is 6.81. The van der Waals surface area contributed by atoms with E-state index in [4.69, 9.17) is 14.5 Å². The monoisotopic (exact) mass is 415 g/mol. The van der Waals surface area contributed by atoms with E-state index in [1.54, 1.807) is 48.7 Å². The van der Waals surface area contributed by atoms with Crippen molar-refractivity contribution in [2.45, 2.75) is 17.7 Å². The van der Waals surface area contributed by atoms with Crippen LogP contribution in [0.15, 0.2) is 40.7 Å². The Morgan fingerprint density at radius 1 is 1.07 bits per heavy atom. The van der Waals surface area contributed by atoms with Crippen LogP contribution in [0, 0.1) is 6.92 Å². The molecule has 0 aliphatic carbocycles. The van der Waals surface area contributed by atoms with E-state index in [-0.39, 0.29) is 0 Å². The zero-order chi connectivity index (χ0) is 18.8. The lowest BCUT2D eigenvalue weighted by atomic mass is 10.2. The third kappa shape index (κ3) is 3.78. The normalized spacial score (nSPS) is 11.1. The number of hydrogen-bond donors (Lipinski definition) is 0. The molecule has 0 atom stereocenters. The smallest absolute Gasteiger partial charge is 0.146 e. The van der Waals surface area contributed by atoms with E-state index in [2.05, 4.69) is 21.6 Å². The number of aryl methyl sites for hydroxylation is 1. The molecule has 0 bridgehead atoms. The van der Waals surface area contributed by atoms with Crippen molar-refractivity contribution in [3.8, 4) is 22.1 Å². The van der Waals surface area contributed by atoms with Crippen molar-refractivity contribution in [1.29, 1.82) is 0 Å². The number of thiazole rings is 1. The van der Waals surface area contributed by atoms with Crippen LogP contribution < -0.4 is 9.47 Å². The van der Waals surface area contributed by atoms with Gasteiger partial charge in [0, 0.05) is 11.8 Å². The zero-order valence-electron chi connectivity index (χ0n) is 15.1. The van der Waals surface area contributed by atoms with Crippen LogP contribution in [-0.4, -0.2) is 29.4 Å². The van der Waals surface area contributed by atoms with Gasteiger partial charge in [0.2, 0.25) is 0 Å². The highest BCUT2D eigenvalue weighted by Crippen LogP contribution is 2.38. The van der Waals surface area contributed by atoms with Gasteiger partial charge in [0.1, 0.15) is 27.7 Å². The number of thiophene rings is 1. The molecule has 0 aliphatic heterocycles. The first-order chi connectivity index (χ1) is 13.2. The van der Waals surface area contributed by atoms with Crippen LogP contribution in [0.3, 0.4) is 0 Å². The quantitative estimate of drug-likeness (QED) is 0.391. The maximum Gasteiger partial charge on any atom is 0.146 e. The highest BCUT2D eigenvalue weighted by atomic mass is 32.2. The summed E-state index contributed by atoms with van der Waals surface area (Å²) in [6, 6.07) is 9.98. The van der Waals surface area contributed by atoms with Gasteiger partial charge >= 0.3 is 0 Å². The Morgan fingerprint density at radius 2 is 1.85 bits per heavy atom. The van der Waals surface area contributed by atoms with E-state index in [1.807, 2.05) is 31.2 Å². The molecule has 0 N–H and O–H groups in total. The van der Waals surface area contributed by atoms with Gasteiger partial charge in [-0.1, -0.05) is 17.8 Å². The fourth-order valence-electron chi connectivity index (χ4n) is 2.69. The predicted octanol–water partition coefficient (Wildman–Crippen LogP) is 5.43. The van der Waals surface area contributed by atoms with Gasteiger partial charge in [-0.2, -0.15) is 0 Å². The van der Waals surface area contributed by atoms with Crippen LogP contribution in [0.4, 0.5) is 0 Å². The molecule has 1 aromatic carbocycles. The summed E-state index contributed by atoms with van der Waals surface area (Å²) in [7, 11) is 3.31. The van der Waals surface area contributed by atoms with Gasteiger partial charge in [0.05, 0.1) is 28.8 Å². The van der Waals surface area contributed by atoms with Gasteiger partial charge in [0.15, 0.2) is 0 Å². The van der Waals surface area contributed by atoms with Gasteiger partial charge in [0.25, 0.3) is 0 Å². The molecule has 5 nitrogen and oxygen atoms in total. The summed E-state index contributed by atoms with van der Waals surface area (Å²) >= 11 is 4.95. The third-order valence-electron chi connectivity index (χ3n) is 3.93. The van der Waals surface area contributed by atoms with Crippen molar-refractivity contribution in [1.82, 2.24) is 15.2 Å². The molecule has 27 heavy (non-hydrogen) atoms. The summed E-state index contributed by atoms with van der Waals surface area (Å²) in [5, 5.41) is 12.9. The minimum Gasteiger partial charge on any atom is -0.497 e. The van der Waals surface area contributed by atoms with Crippen molar-refractivity contribution in [2.24, 2.45) is 0 Å². The average molecular weight is 416 g/mol. The van der Waals surface area contributed by atoms with Crippen molar-refractivity contribution in [3.05, 3.63) is 46.3 Å². The van der Waals surface area contributed by atoms with Crippen molar-refractivity contribution in [3.63, 3.8) is 0 Å². The number of aromatic nitrogens is 3. The standard InChI is InChI=1S/C19H17N3O2S3/c1-11-20-17-18(27-11)16(15-5-4-6-25-15)21-22-19(17)26-10-12-7-13(23-2)9-14(8-12)24-3/h4-9H,10H2,1-3H3. The Labute approximate surface area is 169 Å². The first kappa shape index (κ1) is 18.2. The molecule has 8 heteroatoms. The minimum absolute atomic E-state index is 0.728. The lowest BCUT2D eigenvalue weighted by Crippen LogP contribution is -1.93. The van der Waals surface area contributed by atoms with Crippen molar-refractivity contribution >= 4 is 44.7 Å². The molecule has 0 saturated heterocycles. The molecule has 0 spiro atoms. The SMILES string of the molecule is COc1cc(CSc2nnc(-c3cccs3)c3sc(C)nc23)cc(OC)c1. The Balaban J connectivity index is 1.66. The molecule has 3 heterocycles. The molecule has 3 aromatic heterocycles. The molecule has 0 amide bonds. The van der Waals surface area contributed by atoms with Gasteiger partial charge in [-0.3, -0.25) is 0 Å². The highest BCUT2D eigenvalue weighted by Gasteiger charge is 2.16. The second-order valence-electron chi connectivity index (χ2n) is 5.75. The molecule has 0 saturated carbocycles. The van der Waals surface area contributed by atoms with Gasteiger partial charge in [-0.25, -0.2) is 4.98 Å². The lowest BCUT2D eigenvalue weighted by molar-refractivity contribution is 0.393. The number of nitrogens with zero attached hydrogens (tertiary/aromatic N) is 3. The first-order valence-corrected chi connectivity index (χ1v) is 10.9. The van der Waals surface area contributed by atoms with Crippen LogP contribution >= 0.6 is 34.4 Å². The van der Waals surface area contributed by atoms with E-state index in [1.165, 1.54) is 0 Å². The summed E-state index contributed by atoms with van der Waals surface area (Å²) in [6.45, 7) is 2.02. The van der Waals surface area contributed by atoms with E-state index >= 15 is 0 Å². The zero-order valence-corrected chi connectivity index (χ0v) is 17.5. The summed E-state index contributed by atoms with van der Waals surface area (Å²) in [4.78, 5) is 5.83. The predicted molar refractivity (Wildman–Crippen MR) is 112 cm³/mol. The van der Waals surface area contributed by atoms with Crippen LogP contribution in [0.1, 0.15) is 10.6 Å². The number of benzene rings is 1. The molecule has 0 radical (unpaired) electrons.